The number of hydrogen-bond donors (Lipinski definition) is 2. The number of nitrogens with one attached hydrogen (secondary N) is 1. The van der Waals surface area contributed by atoms with E-state index in [1.807, 2.05) is 6.92 Å². The third kappa shape index (κ3) is 5.76. The summed E-state index contributed by atoms with van der Waals surface area (Å²) in [4.78, 5) is 23.4. The van der Waals surface area contributed by atoms with Gasteiger partial charge in [-0.2, -0.15) is 11.8 Å². The van der Waals surface area contributed by atoms with Crippen LogP contribution in [0.3, 0.4) is 0 Å². The van der Waals surface area contributed by atoms with Crippen molar-refractivity contribution in [3.05, 3.63) is 34.3 Å². The van der Waals surface area contributed by atoms with Crippen LogP contribution in [0.1, 0.15) is 17.3 Å². The van der Waals surface area contributed by atoms with E-state index in [9.17, 15) is 9.59 Å². The molecule has 1 aromatic rings. The Morgan fingerprint density at radius 3 is 2.74 bits per heavy atom. The number of aliphatic hydroxyl groups excluding tert-OH is 1. The fraction of sp³-hybridized carbons (Fsp3) is 0.385. The summed E-state index contributed by atoms with van der Waals surface area (Å²) >= 11 is 4.66. The van der Waals surface area contributed by atoms with Crippen LogP contribution in [0, 0.1) is 5.92 Å². The van der Waals surface area contributed by atoms with Crippen LogP contribution < -0.4 is 5.32 Å². The van der Waals surface area contributed by atoms with Crippen LogP contribution >= 0.6 is 27.7 Å². The van der Waals surface area contributed by atoms with Gasteiger partial charge in [0.15, 0.2) is 0 Å². The summed E-state index contributed by atoms with van der Waals surface area (Å²) in [6.07, 6.45) is 0. The average molecular weight is 346 g/mol. The van der Waals surface area contributed by atoms with Gasteiger partial charge in [0, 0.05) is 11.1 Å². The van der Waals surface area contributed by atoms with E-state index in [0.29, 0.717) is 15.8 Å². The van der Waals surface area contributed by atoms with Gasteiger partial charge in [0.2, 0.25) is 5.91 Å². The molecule has 2 N–H and O–H groups in total. The zero-order valence-electron chi connectivity index (χ0n) is 10.6. The Morgan fingerprint density at radius 1 is 1.42 bits per heavy atom. The van der Waals surface area contributed by atoms with Crippen molar-refractivity contribution in [3.63, 3.8) is 0 Å². The summed E-state index contributed by atoms with van der Waals surface area (Å²) in [6.45, 7) is 2.00. The molecule has 0 radical (unpaired) electrons. The Morgan fingerprint density at radius 2 is 2.11 bits per heavy atom. The summed E-state index contributed by atoms with van der Waals surface area (Å²) in [5.74, 6) is 0.314. The second-order valence-electron chi connectivity index (χ2n) is 4.16. The quantitative estimate of drug-likeness (QED) is 0.828. The Kier molecular flexibility index (Phi) is 7.12. The second kappa shape index (κ2) is 8.35. The molecule has 0 heterocycles. The Bertz CT molecular complexity index is 453. The number of halogens is 1. The van der Waals surface area contributed by atoms with Gasteiger partial charge in [-0.15, -0.1) is 0 Å². The van der Waals surface area contributed by atoms with Crippen LogP contribution in [0.15, 0.2) is 28.7 Å². The van der Waals surface area contributed by atoms with E-state index in [0.717, 1.165) is 0 Å². The average Bonchev–Trinajstić information content (AvgIpc) is 2.38. The van der Waals surface area contributed by atoms with Crippen molar-refractivity contribution in [1.29, 1.82) is 0 Å². The molecule has 1 rings (SSSR count). The molecule has 0 saturated carbocycles. The highest BCUT2D eigenvalue weighted by atomic mass is 79.9. The second-order valence-corrected chi connectivity index (χ2v) is 6.04. The lowest BCUT2D eigenvalue weighted by atomic mass is 10.2. The third-order valence-electron chi connectivity index (χ3n) is 2.32. The standard InChI is InChI=1S/C13H16BrNO3S/c1-9(6-16)7-19-8-12(17)15-13(18)10-4-2-3-5-11(10)14/h2-5,9,16H,6-8H2,1H3,(H,15,17,18). The molecule has 19 heavy (non-hydrogen) atoms. The summed E-state index contributed by atoms with van der Waals surface area (Å²) in [5.41, 5.74) is 0.435. The van der Waals surface area contributed by atoms with Gasteiger partial charge in [0.05, 0.1) is 11.3 Å². The molecule has 4 nitrogen and oxygen atoms in total. The number of benzene rings is 1. The van der Waals surface area contributed by atoms with Gasteiger partial charge < -0.3 is 5.11 Å². The molecule has 2 amide bonds. The predicted molar refractivity (Wildman–Crippen MR) is 80.2 cm³/mol. The highest BCUT2D eigenvalue weighted by molar-refractivity contribution is 9.10. The van der Waals surface area contributed by atoms with Crippen molar-refractivity contribution in [3.8, 4) is 0 Å². The topological polar surface area (TPSA) is 66.4 Å². The summed E-state index contributed by atoms with van der Waals surface area (Å²) in [6, 6.07) is 6.93. The van der Waals surface area contributed by atoms with Crippen LogP contribution in [-0.4, -0.2) is 35.0 Å². The molecule has 0 saturated heterocycles. The number of amides is 2. The fourth-order valence-corrected chi connectivity index (χ4v) is 2.63. The molecular formula is C13H16BrNO3S. The molecule has 1 atom stereocenters. The zero-order chi connectivity index (χ0) is 14.3. The van der Waals surface area contributed by atoms with Gasteiger partial charge in [-0.3, -0.25) is 14.9 Å². The number of rotatable bonds is 6. The highest BCUT2D eigenvalue weighted by Crippen LogP contribution is 2.15. The van der Waals surface area contributed by atoms with Gasteiger partial charge in [-0.05, 0) is 39.7 Å². The Balaban J connectivity index is 2.41. The van der Waals surface area contributed by atoms with Crippen molar-refractivity contribution in [2.24, 2.45) is 5.92 Å². The number of carbonyl (C=O) groups is 2. The minimum absolute atomic E-state index is 0.102. The van der Waals surface area contributed by atoms with Gasteiger partial charge in [-0.1, -0.05) is 19.1 Å². The smallest absolute Gasteiger partial charge is 0.259 e. The Hall–Kier alpha value is -0.850. The van der Waals surface area contributed by atoms with Crippen LogP contribution in [0.4, 0.5) is 0 Å². The molecule has 0 bridgehead atoms. The van der Waals surface area contributed by atoms with Crippen molar-refractivity contribution in [1.82, 2.24) is 5.32 Å². The van der Waals surface area contributed by atoms with E-state index in [-0.39, 0.29) is 24.2 Å². The van der Waals surface area contributed by atoms with Crippen LogP contribution in [-0.2, 0) is 4.79 Å². The molecule has 1 unspecified atom stereocenters. The van der Waals surface area contributed by atoms with Crippen LogP contribution in [0.2, 0.25) is 0 Å². The lowest BCUT2D eigenvalue weighted by Gasteiger charge is -2.08. The molecule has 0 aliphatic carbocycles. The Labute approximate surface area is 125 Å². The maximum atomic E-state index is 11.8. The normalized spacial score (nSPS) is 11.9. The van der Waals surface area contributed by atoms with Crippen LogP contribution in [0.5, 0.6) is 0 Å². The van der Waals surface area contributed by atoms with Crippen molar-refractivity contribution >= 4 is 39.5 Å². The lowest BCUT2D eigenvalue weighted by molar-refractivity contribution is -0.117. The molecule has 6 heteroatoms. The monoisotopic (exact) mass is 345 g/mol. The van der Waals surface area contributed by atoms with E-state index in [1.165, 1.54) is 11.8 Å². The maximum Gasteiger partial charge on any atom is 0.259 e. The van der Waals surface area contributed by atoms with Gasteiger partial charge in [0.25, 0.3) is 5.91 Å². The number of thioether (sulfide) groups is 1. The first-order valence-electron chi connectivity index (χ1n) is 5.82. The third-order valence-corrected chi connectivity index (χ3v) is 4.28. The van der Waals surface area contributed by atoms with Crippen molar-refractivity contribution in [2.45, 2.75) is 6.92 Å². The molecule has 1 aromatic carbocycles. The summed E-state index contributed by atoms with van der Waals surface area (Å²) in [5, 5.41) is 11.2. The fourth-order valence-electron chi connectivity index (χ4n) is 1.28. The zero-order valence-corrected chi connectivity index (χ0v) is 13.0. The molecule has 0 spiro atoms. The highest BCUT2D eigenvalue weighted by Gasteiger charge is 2.13. The first-order chi connectivity index (χ1) is 9.04. The largest absolute Gasteiger partial charge is 0.396 e. The number of aliphatic hydroxyl groups is 1. The number of imide groups is 1. The minimum Gasteiger partial charge on any atom is -0.396 e. The van der Waals surface area contributed by atoms with Gasteiger partial charge >= 0.3 is 0 Å². The number of hydrogen-bond acceptors (Lipinski definition) is 4. The summed E-state index contributed by atoms with van der Waals surface area (Å²) < 4.78 is 0.654. The van der Waals surface area contributed by atoms with Gasteiger partial charge in [-0.25, -0.2) is 0 Å². The van der Waals surface area contributed by atoms with Crippen LogP contribution in [0.25, 0.3) is 0 Å². The molecule has 0 aliphatic heterocycles. The van der Waals surface area contributed by atoms with Gasteiger partial charge in [0.1, 0.15) is 0 Å². The first-order valence-corrected chi connectivity index (χ1v) is 7.76. The van der Waals surface area contributed by atoms with E-state index in [2.05, 4.69) is 21.2 Å². The van der Waals surface area contributed by atoms with Crippen molar-refractivity contribution < 1.29 is 14.7 Å². The molecule has 0 fully saturated rings. The maximum absolute atomic E-state index is 11.8. The van der Waals surface area contributed by atoms with Crippen molar-refractivity contribution in [2.75, 3.05) is 18.1 Å². The predicted octanol–water partition coefficient (Wildman–Crippen LogP) is 2.07. The molecule has 104 valence electrons. The first kappa shape index (κ1) is 16.2. The SMILES string of the molecule is CC(CO)CSCC(=O)NC(=O)c1ccccc1Br. The van der Waals surface area contributed by atoms with E-state index in [4.69, 9.17) is 5.11 Å². The number of carbonyl (C=O) groups excluding carboxylic acids is 2. The van der Waals surface area contributed by atoms with E-state index >= 15 is 0 Å². The van der Waals surface area contributed by atoms with E-state index < -0.39 is 5.91 Å². The minimum atomic E-state index is -0.409. The lowest BCUT2D eigenvalue weighted by Crippen LogP contribution is -2.32. The molecule has 0 aromatic heterocycles. The molecular weight excluding hydrogens is 330 g/mol. The summed E-state index contributed by atoms with van der Waals surface area (Å²) in [7, 11) is 0. The molecule has 0 aliphatic rings. The van der Waals surface area contributed by atoms with E-state index in [1.54, 1.807) is 24.3 Å².